The number of aliphatic hydroxyl groups is 1. The number of amides is 6. The maximum absolute atomic E-state index is 14.6. The van der Waals surface area contributed by atoms with Gasteiger partial charge in [0.15, 0.2) is 12.1 Å². The minimum Gasteiger partial charge on any atom is -0.459 e. The van der Waals surface area contributed by atoms with E-state index in [1.807, 2.05) is 18.2 Å². The Morgan fingerprint density at radius 1 is 0.775 bits per heavy atom. The molecule has 17 nitrogen and oxygen atoms in total. The molecule has 71 heavy (non-hydrogen) atoms. The fourth-order valence-corrected chi connectivity index (χ4v) is 8.59. The van der Waals surface area contributed by atoms with E-state index in [4.69, 9.17) is 14.2 Å². The van der Waals surface area contributed by atoms with Crippen LogP contribution in [0, 0.1) is 5.92 Å². The van der Waals surface area contributed by atoms with Crippen LogP contribution >= 0.6 is 0 Å². The zero-order valence-electron chi connectivity index (χ0n) is 40.7. The summed E-state index contributed by atoms with van der Waals surface area (Å²) in [5.74, 6) is -3.76. The first-order valence-electron chi connectivity index (χ1n) is 24.3. The fraction of sp³-hybridized carbons (Fsp3) is 0.426. The van der Waals surface area contributed by atoms with Crippen molar-refractivity contribution in [2.75, 3.05) is 6.54 Å². The van der Waals surface area contributed by atoms with Gasteiger partial charge in [0, 0.05) is 12.8 Å². The largest absolute Gasteiger partial charge is 0.459 e. The number of ether oxygens (including phenoxy) is 3. The molecule has 7 N–H and O–H groups in total. The number of carbonyl (C=O) groups excluding carboxylic acids is 7. The van der Waals surface area contributed by atoms with Gasteiger partial charge in [-0.15, -0.1) is 0 Å². The van der Waals surface area contributed by atoms with Crippen LogP contribution in [0.3, 0.4) is 0 Å². The van der Waals surface area contributed by atoms with Gasteiger partial charge in [0.25, 0.3) is 5.91 Å². The maximum atomic E-state index is 14.6. The summed E-state index contributed by atoms with van der Waals surface area (Å²) in [5, 5.41) is 27.8. The monoisotopic (exact) mass is 974 g/mol. The van der Waals surface area contributed by atoms with Crippen LogP contribution in [0.15, 0.2) is 109 Å². The Bertz CT molecular complexity index is 2440. The summed E-state index contributed by atoms with van der Waals surface area (Å²) in [4.78, 5) is 96.7. The normalized spacial score (nSPS) is 18.9. The number of rotatable bonds is 15. The number of esters is 1. The van der Waals surface area contributed by atoms with Gasteiger partial charge in [-0.25, -0.2) is 9.59 Å². The van der Waals surface area contributed by atoms with Crippen molar-refractivity contribution in [3.8, 4) is 11.5 Å². The van der Waals surface area contributed by atoms with Crippen molar-refractivity contribution >= 4 is 41.6 Å². The van der Waals surface area contributed by atoms with Crippen LogP contribution in [-0.2, 0) is 57.7 Å². The lowest BCUT2D eigenvalue weighted by Gasteiger charge is -2.33. The summed E-state index contributed by atoms with van der Waals surface area (Å²) in [6, 6.07) is 25.6. The Morgan fingerprint density at radius 2 is 1.46 bits per heavy atom. The first-order chi connectivity index (χ1) is 34.0. The minimum atomic E-state index is -1.84. The van der Waals surface area contributed by atoms with Crippen LogP contribution in [0.2, 0.25) is 0 Å². The molecule has 6 amide bonds. The Labute approximate surface area is 414 Å². The van der Waals surface area contributed by atoms with Crippen LogP contribution < -0.4 is 36.6 Å². The number of alkyl carbamates (subject to hydrolysis) is 1. The zero-order chi connectivity index (χ0) is 50.9. The molecule has 4 aromatic rings. The third-order valence-corrected chi connectivity index (χ3v) is 12.2. The van der Waals surface area contributed by atoms with E-state index in [1.165, 1.54) is 0 Å². The average molecular weight is 975 g/mol. The maximum Gasteiger partial charge on any atom is 0.408 e. The predicted octanol–water partition coefficient (Wildman–Crippen LogP) is 5.38. The molecule has 2 heterocycles. The quantitative estimate of drug-likeness (QED) is 0.0747. The van der Waals surface area contributed by atoms with Gasteiger partial charge in [-0.3, -0.25) is 24.0 Å². The molecular formula is C54H66N6O11. The second-order valence-corrected chi connectivity index (χ2v) is 19.0. The van der Waals surface area contributed by atoms with Crippen molar-refractivity contribution in [3.05, 3.63) is 131 Å². The smallest absolute Gasteiger partial charge is 0.408 e. The van der Waals surface area contributed by atoms with E-state index in [0.717, 1.165) is 24.8 Å². The minimum absolute atomic E-state index is 0.0281. The number of aliphatic hydroxyl groups excluding tert-OH is 1. The lowest BCUT2D eigenvalue weighted by atomic mass is 9.83. The molecule has 4 aromatic carbocycles. The first-order valence-corrected chi connectivity index (χ1v) is 24.3. The van der Waals surface area contributed by atoms with E-state index in [2.05, 4.69) is 31.9 Å². The summed E-state index contributed by atoms with van der Waals surface area (Å²) in [7, 11) is 0. The molecule has 1 saturated carbocycles. The van der Waals surface area contributed by atoms with Crippen molar-refractivity contribution < 1.29 is 52.9 Å². The number of fused-ring (bicyclic) bond motifs is 10. The predicted molar refractivity (Wildman–Crippen MR) is 263 cm³/mol. The highest BCUT2D eigenvalue weighted by atomic mass is 16.6. The Hall–Kier alpha value is -7.27. The number of benzene rings is 4. The molecule has 3 aliphatic rings. The van der Waals surface area contributed by atoms with Gasteiger partial charge in [-0.1, -0.05) is 118 Å². The molecular weight excluding hydrogens is 909 g/mol. The van der Waals surface area contributed by atoms with Gasteiger partial charge in [-0.05, 0) is 92.5 Å². The van der Waals surface area contributed by atoms with Crippen molar-refractivity contribution in [1.82, 2.24) is 31.9 Å². The lowest BCUT2D eigenvalue weighted by molar-refractivity contribution is -0.149. The molecule has 7 rings (SSSR count). The topological polar surface area (TPSA) is 240 Å². The van der Waals surface area contributed by atoms with Crippen molar-refractivity contribution in [1.29, 1.82) is 0 Å². The molecule has 0 spiro atoms. The summed E-state index contributed by atoms with van der Waals surface area (Å²) < 4.78 is 17.2. The lowest BCUT2D eigenvalue weighted by Crippen LogP contribution is -2.61. The third kappa shape index (κ3) is 16.4. The van der Waals surface area contributed by atoms with E-state index in [1.54, 1.807) is 119 Å². The molecule has 1 aliphatic carbocycles. The Kier molecular flexibility index (Phi) is 19.1. The zero-order valence-corrected chi connectivity index (χ0v) is 40.7. The standard InChI is InChI=1S/C54H66N6O11/c1-5-16-41(47(62)51(66)55-32-44(61)59-46(38-22-13-8-14-23-38)52(67)69-33-35-17-9-6-10-18-35)56-48(63)42-31-36-19-15-24-40(29-36)70-39-27-25-34(26-28-39)30-43(58-53(68)71-54(2,3)4)49(64)60-45(50(65)57-42)37-20-11-7-12-21-37/h6,8-10,13-15,17-19,22-29,37,41-43,45-47,62H,5,7,11-12,16,20-21,30-33H2,1-4H3,(H,55,66)(H,56,63)(H,57,65)(H,58,68)(H,59,61)(H,60,64)/t41?,42-,43-,45+,46-,47?/m0/s1. The van der Waals surface area contributed by atoms with Gasteiger partial charge in [-0.2, -0.15) is 0 Å². The van der Waals surface area contributed by atoms with Crippen molar-refractivity contribution in [2.24, 2.45) is 5.92 Å². The summed E-state index contributed by atoms with van der Waals surface area (Å²) in [6.07, 6.45) is 1.76. The molecule has 0 aromatic heterocycles. The van der Waals surface area contributed by atoms with E-state index < -0.39 is 90.1 Å². The summed E-state index contributed by atoms with van der Waals surface area (Å²) in [5.41, 5.74) is 1.66. The number of nitrogens with one attached hydrogen (secondary N) is 6. The molecule has 4 bridgehead atoms. The molecule has 378 valence electrons. The molecule has 0 saturated heterocycles. The summed E-state index contributed by atoms with van der Waals surface area (Å²) >= 11 is 0. The SMILES string of the molecule is CCCC(NC(=O)[C@@H]1Cc2cccc(c2)Oc2ccc(cc2)C[C@H](NC(=O)OC(C)(C)C)C(=O)N[C@H](C2CCCCC2)C(=O)N1)C(O)C(=O)NCC(=O)N[C@H](C(=O)OCc1ccccc1)c1ccccc1. The van der Waals surface area contributed by atoms with E-state index in [9.17, 15) is 38.7 Å². The van der Waals surface area contributed by atoms with Crippen LogP contribution in [0.25, 0.3) is 0 Å². The van der Waals surface area contributed by atoms with Gasteiger partial charge < -0.3 is 51.2 Å². The molecule has 1 fully saturated rings. The number of hydrogen-bond acceptors (Lipinski definition) is 11. The summed E-state index contributed by atoms with van der Waals surface area (Å²) in [6.45, 7) is 6.27. The van der Waals surface area contributed by atoms with Gasteiger partial charge in [0.05, 0.1) is 12.6 Å². The molecule has 2 aliphatic heterocycles. The molecule has 6 atom stereocenters. The number of carbonyl (C=O) groups is 7. The van der Waals surface area contributed by atoms with Crippen LogP contribution in [0.4, 0.5) is 4.79 Å². The average Bonchev–Trinajstić information content (AvgIpc) is 3.35. The van der Waals surface area contributed by atoms with Gasteiger partial charge in [0.2, 0.25) is 23.6 Å². The highest BCUT2D eigenvalue weighted by Gasteiger charge is 2.37. The van der Waals surface area contributed by atoms with Crippen LogP contribution in [0.1, 0.15) is 101 Å². The highest BCUT2D eigenvalue weighted by molar-refractivity contribution is 5.95. The number of hydrogen-bond donors (Lipinski definition) is 7. The third-order valence-electron chi connectivity index (χ3n) is 12.2. The first kappa shape index (κ1) is 53.1. The van der Waals surface area contributed by atoms with Gasteiger partial charge in [0.1, 0.15) is 41.8 Å². The van der Waals surface area contributed by atoms with E-state index in [0.29, 0.717) is 47.5 Å². The Balaban J connectivity index is 1.20. The Morgan fingerprint density at radius 3 is 2.14 bits per heavy atom. The van der Waals surface area contributed by atoms with Gasteiger partial charge >= 0.3 is 12.1 Å². The second kappa shape index (κ2) is 25.5. The molecule has 2 unspecified atom stereocenters. The molecule has 0 radical (unpaired) electrons. The van der Waals surface area contributed by atoms with E-state index >= 15 is 0 Å². The molecule has 17 heteroatoms. The van der Waals surface area contributed by atoms with E-state index in [-0.39, 0.29) is 31.8 Å². The second-order valence-electron chi connectivity index (χ2n) is 19.0. The van der Waals surface area contributed by atoms with Crippen LogP contribution in [-0.4, -0.2) is 89.1 Å². The fourth-order valence-electron chi connectivity index (χ4n) is 8.59. The highest BCUT2D eigenvalue weighted by Crippen LogP contribution is 2.28. The van der Waals surface area contributed by atoms with Crippen LogP contribution in [0.5, 0.6) is 11.5 Å². The van der Waals surface area contributed by atoms with Crippen molar-refractivity contribution in [2.45, 2.75) is 134 Å². The van der Waals surface area contributed by atoms with Crippen molar-refractivity contribution in [3.63, 3.8) is 0 Å².